The summed E-state index contributed by atoms with van der Waals surface area (Å²) < 4.78 is 12.8. The summed E-state index contributed by atoms with van der Waals surface area (Å²) in [5, 5.41) is 0. The first-order valence-corrected chi connectivity index (χ1v) is 10.5. The fourth-order valence-electron chi connectivity index (χ4n) is 4.47. The van der Waals surface area contributed by atoms with Crippen molar-refractivity contribution in [1.82, 2.24) is 0 Å². The molecule has 1 aromatic rings. The Morgan fingerprint density at radius 3 is 2.07 bits per heavy atom. The molecule has 2 aliphatic carbocycles. The molecule has 2 bridgehead atoms. The molecule has 0 aromatic heterocycles. The van der Waals surface area contributed by atoms with Gasteiger partial charge < -0.3 is 9.47 Å². The molecule has 2 heteroatoms. The second kappa shape index (κ2) is 6.95. The zero-order chi connectivity index (χ0) is 20.0. The van der Waals surface area contributed by atoms with E-state index in [-0.39, 0.29) is 28.6 Å². The second-order valence-corrected chi connectivity index (χ2v) is 10.7. The molecule has 27 heavy (non-hydrogen) atoms. The Hall–Kier alpha value is -1.28. The molecule has 4 atom stereocenters. The summed E-state index contributed by atoms with van der Waals surface area (Å²) in [6.45, 7) is 18.1. The molecule has 1 aromatic carbocycles. The predicted molar refractivity (Wildman–Crippen MR) is 113 cm³/mol. The van der Waals surface area contributed by atoms with Crippen LogP contribution in [0.25, 0.3) is 0 Å². The van der Waals surface area contributed by atoms with Crippen LogP contribution in [-0.2, 0) is 10.2 Å². The average molecular weight is 371 g/mol. The van der Waals surface area contributed by atoms with Gasteiger partial charge in [0.2, 0.25) is 6.29 Å². The minimum atomic E-state index is -0.209. The van der Waals surface area contributed by atoms with E-state index in [4.69, 9.17) is 9.47 Å². The van der Waals surface area contributed by atoms with E-state index >= 15 is 0 Å². The van der Waals surface area contributed by atoms with Crippen LogP contribution >= 0.6 is 0 Å². The number of ether oxygens (including phenoxy) is 2. The molecule has 1 saturated carbocycles. The van der Waals surface area contributed by atoms with Crippen molar-refractivity contribution in [1.29, 1.82) is 0 Å². The number of hydrogen-bond donors (Lipinski definition) is 0. The van der Waals surface area contributed by atoms with Crippen molar-refractivity contribution in [3.63, 3.8) is 0 Å². The molecule has 2 nitrogen and oxygen atoms in total. The van der Waals surface area contributed by atoms with Gasteiger partial charge in [-0.15, -0.1) is 0 Å². The van der Waals surface area contributed by atoms with Crippen LogP contribution in [0.5, 0.6) is 5.75 Å². The Labute approximate surface area is 166 Å². The summed E-state index contributed by atoms with van der Waals surface area (Å²) in [5.74, 6) is 2.16. The zero-order valence-electron chi connectivity index (χ0n) is 18.5. The normalized spacial score (nSPS) is 28.8. The van der Waals surface area contributed by atoms with Crippen molar-refractivity contribution in [3.05, 3.63) is 42.0 Å². The third-order valence-electron chi connectivity index (χ3n) is 7.35. The number of hydrogen-bond acceptors (Lipinski definition) is 2. The standard InChI is InChI=1S/C25H38O2/c1-17(2)26-22(25(8)16-18-9-10-20(25)15-18)27-21-13-11-19(12-14-21)24(6,7)23(3,4)5/h9-14,17-18,20,22H,15-16H2,1-8H3. The Morgan fingerprint density at radius 2 is 1.63 bits per heavy atom. The van der Waals surface area contributed by atoms with Crippen molar-refractivity contribution in [2.75, 3.05) is 0 Å². The van der Waals surface area contributed by atoms with E-state index in [1.54, 1.807) is 0 Å². The maximum absolute atomic E-state index is 6.46. The number of benzene rings is 1. The van der Waals surface area contributed by atoms with Crippen LogP contribution in [0.3, 0.4) is 0 Å². The predicted octanol–water partition coefficient (Wildman–Crippen LogP) is 6.74. The van der Waals surface area contributed by atoms with Crippen LogP contribution < -0.4 is 4.74 Å². The molecular weight excluding hydrogens is 332 g/mol. The van der Waals surface area contributed by atoms with Crippen molar-refractivity contribution < 1.29 is 9.47 Å². The van der Waals surface area contributed by atoms with E-state index in [0.717, 1.165) is 12.2 Å². The zero-order valence-corrected chi connectivity index (χ0v) is 18.5. The minimum absolute atomic E-state index is 0.0486. The molecular formula is C25H38O2. The topological polar surface area (TPSA) is 18.5 Å². The first-order chi connectivity index (χ1) is 12.4. The van der Waals surface area contributed by atoms with E-state index in [0.29, 0.717) is 11.8 Å². The average Bonchev–Trinajstić information content (AvgIpc) is 3.14. The highest BCUT2D eigenvalue weighted by molar-refractivity contribution is 5.33. The van der Waals surface area contributed by atoms with Gasteiger partial charge in [0.1, 0.15) is 5.75 Å². The van der Waals surface area contributed by atoms with Crippen LogP contribution in [-0.4, -0.2) is 12.4 Å². The van der Waals surface area contributed by atoms with E-state index in [1.807, 2.05) is 0 Å². The molecule has 0 N–H and O–H groups in total. The van der Waals surface area contributed by atoms with E-state index < -0.39 is 0 Å². The van der Waals surface area contributed by atoms with Crippen molar-refractivity contribution in [2.24, 2.45) is 22.7 Å². The Bertz CT molecular complexity index is 677. The first-order valence-electron chi connectivity index (χ1n) is 10.5. The molecule has 1 fully saturated rings. The molecule has 0 saturated heterocycles. The second-order valence-electron chi connectivity index (χ2n) is 10.7. The third kappa shape index (κ3) is 3.83. The van der Waals surface area contributed by atoms with Gasteiger partial charge in [-0.05, 0) is 67.1 Å². The molecule has 150 valence electrons. The Balaban J connectivity index is 1.80. The lowest BCUT2D eigenvalue weighted by atomic mass is 9.65. The van der Waals surface area contributed by atoms with Crippen LogP contribution in [0.1, 0.15) is 73.8 Å². The van der Waals surface area contributed by atoms with Gasteiger partial charge in [-0.2, -0.15) is 0 Å². The summed E-state index contributed by atoms with van der Waals surface area (Å²) in [5.41, 5.74) is 1.69. The van der Waals surface area contributed by atoms with Crippen LogP contribution in [0.15, 0.2) is 36.4 Å². The van der Waals surface area contributed by atoms with Gasteiger partial charge in [-0.1, -0.05) is 65.8 Å². The summed E-state index contributed by atoms with van der Waals surface area (Å²) in [7, 11) is 0. The number of rotatable bonds is 6. The summed E-state index contributed by atoms with van der Waals surface area (Å²) in [6.07, 6.45) is 7.09. The van der Waals surface area contributed by atoms with Crippen LogP contribution in [0, 0.1) is 22.7 Å². The highest BCUT2D eigenvalue weighted by Gasteiger charge is 2.52. The molecule has 2 aliphatic rings. The largest absolute Gasteiger partial charge is 0.464 e. The van der Waals surface area contributed by atoms with Crippen molar-refractivity contribution in [3.8, 4) is 5.75 Å². The fourth-order valence-corrected chi connectivity index (χ4v) is 4.47. The fraction of sp³-hybridized carbons (Fsp3) is 0.680. The molecule has 4 unspecified atom stereocenters. The SMILES string of the molecule is CC(C)OC(Oc1ccc(C(C)(C)C(C)(C)C)cc1)C1(C)CC2C=CC1C2. The van der Waals surface area contributed by atoms with Gasteiger partial charge >= 0.3 is 0 Å². The summed E-state index contributed by atoms with van der Waals surface area (Å²) >= 11 is 0. The Kier molecular flexibility index (Phi) is 5.27. The van der Waals surface area contributed by atoms with Gasteiger partial charge in [-0.3, -0.25) is 0 Å². The monoisotopic (exact) mass is 370 g/mol. The smallest absolute Gasteiger partial charge is 0.206 e. The lowest BCUT2D eigenvalue weighted by Crippen LogP contribution is -2.43. The first kappa shape index (κ1) is 20.5. The number of allylic oxidation sites excluding steroid dienone is 2. The van der Waals surface area contributed by atoms with Gasteiger partial charge in [0.15, 0.2) is 0 Å². The van der Waals surface area contributed by atoms with Gasteiger partial charge in [-0.25, -0.2) is 0 Å². The van der Waals surface area contributed by atoms with Crippen molar-refractivity contribution in [2.45, 2.75) is 86.0 Å². The molecule has 0 spiro atoms. The quantitative estimate of drug-likeness (QED) is 0.407. The van der Waals surface area contributed by atoms with Crippen LogP contribution in [0.2, 0.25) is 0 Å². The van der Waals surface area contributed by atoms with E-state index in [9.17, 15) is 0 Å². The lowest BCUT2D eigenvalue weighted by Gasteiger charge is -2.40. The third-order valence-corrected chi connectivity index (χ3v) is 7.35. The highest BCUT2D eigenvalue weighted by atomic mass is 16.7. The number of fused-ring (bicyclic) bond motifs is 2. The van der Waals surface area contributed by atoms with Crippen molar-refractivity contribution >= 4 is 0 Å². The molecule has 3 rings (SSSR count). The van der Waals surface area contributed by atoms with Gasteiger partial charge in [0.05, 0.1) is 6.10 Å². The van der Waals surface area contributed by atoms with Gasteiger partial charge in [0, 0.05) is 5.41 Å². The van der Waals surface area contributed by atoms with E-state index in [1.165, 1.54) is 12.0 Å². The van der Waals surface area contributed by atoms with Gasteiger partial charge in [0.25, 0.3) is 0 Å². The van der Waals surface area contributed by atoms with Crippen LogP contribution in [0.4, 0.5) is 0 Å². The maximum atomic E-state index is 6.46. The Morgan fingerprint density at radius 1 is 1.00 bits per heavy atom. The molecule has 0 amide bonds. The minimum Gasteiger partial charge on any atom is -0.464 e. The lowest BCUT2D eigenvalue weighted by molar-refractivity contribution is -0.180. The van der Waals surface area contributed by atoms with E-state index in [2.05, 4.69) is 91.8 Å². The molecule has 0 radical (unpaired) electrons. The molecule has 0 heterocycles. The highest BCUT2D eigenvalue weighted by Crippen LogP contribution is 2.54. The summed E-state index contributed by atoms with van der Waals surface area (Å²) in [6, 6.07) is 8.67. The molecule has 0 aliphatic heterocycles. The maximum Gasteiger partial charge on any atom is 0.206 e. The summed E-state index contributed by atoms with van der Waals surface area (Å²) in [4.78, 5) is 0.